The molecule has 4 rings (SSSR count). The van der Waals surface area contributed by atoms with E-state index < -0.39 is 23.7 Å². The van der Waals surface area contributed by atoms with Crippen LogP contribution in [0.5, 0.6) is 0 Å². The van der Waals surface area contributed by atoms with Gasteiger partial charge in [0.15, 0.2) is 17.9 Å². The van der Waals surface area contributed by atoms with Crippen molar-refractivity contribution in [2.45, 2.75) is 45.8 Å². The van der Waals surface area contributed by atoms with Crippen molar-refractivity contribution >= 4 is 0 Å². The van der Waals surface area contributed by atoms with Gasteiger partial charge in [-0.1, -0.05) is 74.0 Å². The van der Waals surface area contributed by atoms with Gasteiger partial charge in [0.25, 0.3) is 0 Å². The van der Waals surface area contributed by atoms with Gasteiger partial charge >= 0.3 is 0 Å². The first-order chi connectivity index (χ1) is 17.0. The van der Waals surface area contributed by atoms with Crippen LogP contribution in [-0.4, -0.2) is 13.2 Å². The Morgan fingerprint density at radius 3 is 2.20 bits per heavy atom. The van der Waals surface area contributed by atoms with E-state index in [0.717, 1.165) is 24.8 Å². The molecule has 1 aliphatic heterocycles. The zero-order chi connectivity index (χ0) is 24.8. The maximum atomic E-state index is 14.9. The predicted octanol–water partition coefficient (Wildman–Crippen LogP) is 8.41. The van der Waals surface area contributed by atoms with E-state index in [2.05, 4.69) is 6.08 Å². The minimum atomic E-state index is -0.837. The Labute approximate surface area is 205 Å². The third kappa shape index (κ3) is 5.85. The van der Waals surface area contributed by atoms with Crippen molar-refractivity contribution in [3.05, 3.63) is 95.3 Å². The van der Waals surface area contributed by atoms with Gasteiger partial charge in [0.05, 0.1) is 13.2 Å². The summed E-state index contributed by atoms with van der Waals surface area (Å²) in [5, 5.41) is 0. The van der Waals surface area contributed by atoms with E-state index in [-0.39, 0.29) is 5.56 Å². The number of hydrogen-bond acceptors (Lipinski definition) is 2. The normalized spacial score (nSPS) is 18.3. The van der Waals surface area contributed by atoms with Crippen LogP contribution in [0.2, 0.25) is 0 Å². The molecule has 35 heavy (non-hydrogen) atoms. The molecule has 0 unspecified atom stereocenters. The first-order valence-corrected chi connectivity index (χ1v) is 12.2. The van der Waals surface area contributed by atoms with E-state index in [0.29, 0.717) is 47.8 Å². The Hall–Kier alpha value is -2.89. The first kappa shape index (κ1) is 25.2. The van der Waals surface area contributed by atoms with Crippen LogP contribution in [0.4, 0.5) is 13.2 Å². The van der Waals surface area contributed by atoms with Gasteiger partial charge in [0, 0.05) is 17.0 Å². The molecule has 1 fully saturated rings. The highest BCUT2D eigenvalue weighted by Gasteiger charge is 2.25. The molecule has 2 nitrogen and oxygen atoms in total. The molecule has 1 saturated heterocycles. The zero-order valence-electron chi connectivity index (χ0n) is 20.2. The van der Waals surface area contributed by atoms with Gasteiger partial charge in [0.1, 0.15) is 5.82 Å². The molecule has 0 atom stereocenters. The van der Waals surface area contributed by atoms with Crippen LogP contribution < -0.4 is 0 Å². The van der Waals surface area contributed by atoms with Crippen LogP contribution in [0.25, 0.3) is 22.3 Å². The molecular formula is C30H31F3O2. The number of rotatable bonds is 8. The largest absolute Gasteiger partial charge is 0.348 e. The Morgan fingerprint density at radius 1 is 0.857 bits per heavy atom. The van der Waals surface area contributed by atoms with Crippen molar-refractivity contribution in [3.63, 3.8) is 0 Å². The minimum absolute atomic E-state index is 0.214. The molecule has 0 aromatic heterocycles. The quantitative estimate of drug-likeness (QED) is 0.301. The first-order valence-electron chi connectivity index (χ1n) is 12.2. The number of ether oxygens (including phenoxy) is 2. The highest BCUT2D eigenvalue weighted by molar-refractivity contribution is 5.71. The molecule has 0 amide bonds. The Balaban J connectivity index is 1.45. The van der Waals surface area contributed by atoms with Crippen molar-refractivity contribution in [2.75, 3.05) is 13.2 Å². The second-order valence-corrected chi connectivity index (χ2v) is 8.97. The summed E-state index contributed by atoms with van der Waals surface area (Å²) in [4.78, 5) is 0. The van der Waals surface area contributed by atoms with Crippen LogP contribution in [0, 0.1) is 23.4 Å². The van der Waals surface area contributed by atoms with Gasteiger partial charge in [0.2, 0.25) is 0 Å². The van der Waals surface area contributed by atoms with Crippen LogP contribution in [-0.2, 0) is 15.9 Å². The molecule has 0 saturated carbocycles. The highest BCUT2D eigenvalue weighted by Crippen LogP contribution is 2.33. The monoisotopic (exact) mass is 480 g/mol. The van der Waals surface area contributed by atoms with E-state index in [1.165, 1.54) is 6.07 Å². The fourth-order valence-corrected chi connectivity index (χ4v) is 4.40. The number of hydrogen-bond donors (Lipinski definition) is 0. The SMILES string of the molecule is C/C=C/CCC1COC(c2ccc(-c3ccc(-c4ccc(CCC)c(F)c4F)cc3)cc2F)OC1. The predicted molar refractivity (Wildman–Crippen MR) is 133 cm³/mol. The lowest BCUT2D eigenvalue weighted by Crippen LogP contribution is -2.27. The molecular weight excluding hydrogens is 449 g/mol. The van der Waals surface area contributed by atoms with Gasteiger partial charge in [-0.25, -0.2) is 13.2 Å². The molecule has 0 bridgehead atoms. The zero-order valence-corrected chi connectivity index (χ0v) is 20.2. The van der Waals surface area contributed by atoms with Crippen LogP contribution in [0.1, 0.15) is 50.5 Å². The average molecular weight is 481 g/mol. The van der Waals surface area contributed by atoms with Crippen LogP contribution in [0.3, 0.4) is 0 Å². The fourth-order valence-electron chi connectivity index (χ4n) is 4.40. The van der Waals surface area contributed by atoms with Crippen molar-refractivity contribution in [1.82, 2.24) is 0 Å². The van der Waals surface area contributed by atoms with Gasteiger partial charge in [-0.15, -0.1) is 0 Å². The summed E-state index contributed by atoms with van der Waals surface area (Å²) in [5.41, 5.74) is 3.00. The molecule has 0 aliphatic carbocycles. The van der Waals surface area contributed by atoms with Crippen molar-refractivity contribution in [1.29, 1.82) is 0 Å². The second kappa shape index (κ2) is 11.7. The average Bonchev–Trinajstić information content (AvgIpc) is 2.88. The molecule has 1 heterocycles. The molecule has 0 N–H and O–H groups in total. The second-order valence-electron chi connectivity index (χ2n) is 8.97. The van der Waals surface area contributed by atoms with Gasteiger partial charge in [-0.05, 0) is 54.5 Å². The molecule has 5 heteroatoms. The molecule has 3 aromatic carbocycles. The number of halogens is 3. The number of aryl methyl sites for hydroxylation is 1. The number of allylic oxidation sites excluding steroid dienone is 2. The van der Waals surface area contributed by atoms with E-state index in [1.54, 1.807) is 42.5 Å². The molecule has 184 valence electrons. The van der Waals surface area contributed by atoms with E-state index in [9.17, 15) is 13.2 Å². The summed E-state index contributed by atoms with van der Waals surface area (Å²) < 4.78 is 55.5. The van der Waals surface area contributed by atoms with Crippen LogP contribution in [0.15, 0.2) is 66.7 Å². The van der Waals surface area contributed by atoms with Gasteiger partial charge in [-0.3, -0.25) is 0 Å². The van der Waals surface area contributed by atoms with Crippen molar-refractivity contribution in [3.8, 4) is 22.3 Å². The third-order valence-electron chi connectivity index (χ3n) is 6.41. The Kier molecular flexibility index (Phi) is 8.42. The van der Waals surface area contributed by atoms with Crippen molar-refractivity contribution in [2.24, 2.45) is 5.92 Å². The molecule has 3 aromatic rings. The lowest BCUT2D eigenvalue weighted by atomic mass is 9.97. The Bertz CT molecular complexity index is 1160. The number of benzene rings is 3. The smallest absolute Gasteiger partial charge is 0.186 e. The summed E-state index contributed by atoms with van der Waals surface area (Å²) in [6.45, 7) is 5.01. The lowest BCUT2D eigenvalue weighted by molar-refractivity contribution is -0.207. The molecule has 0 radical (unpaired) electrons. The summed E-state index contributed by atoms with van der Waals surface area (Å²) in [5.74, 6) is -1.72. The van der Waals surface area contributed by atoms with Gasteiger partial charge < -0.3 is 9.47 Å². The Morgan fingerprint density at radius 2 is 1.54 bits per heavy atom. The molecule has 1 aliphatic rings. The van der Waals surface area contributed by atoms with Crippen LogP contribution >= 0.6 is 0 Å². The van der Waals surface area contributed by atoms with E-state index in [1.807, 2.05) is 26.0 Å². The summed E-state index contributed by atoms with van der Waals surface area (Å²) >= 11 is 0. The summed E-state index contributed by atoms with van der Waals surface area (Å²) in [7, 11) is 0. The van der Waals surface area contributed by atoms with E-state index >= 15 is 0 Å². The topological polar surface area (TPSA) is 18.5 Å². The van der Waals surface area contributed by atoms with E-state index in [4.69, 9.17) is 9.47 Å². The minimum Gasteiger partial charge on any atom is -0.348 e. The standard InChI is InChI=1S/C30H31F3O2/c1-3-5-6-8-20-18-34-30(35-19-20)26-16-14-24(17-27(26)31)21-9-11-22(12-10-21)25-15-13-23(7-4-2)28(32)29(25)33/h3,5,9-17,20,30H,4,6-8,18-19H2,1-2H3/b5-3+. The maximum absolute atomic E-state index is 14.9. The van der Waals surface area contributed by atoms with Crippen molar-refractivity contribution < 1.29 is 22.6 Å². The van der Waals surface area contributed by atoms with Gasteiger partial charge in [-0.2, -0.15) is 0 Å². The molecule has 0 spiro atoms. The highest BCUT2D eigenvalue weighted by atomic mass is 19.2. The summed E-state index contributed by atoms with van der Waals surface area (Å²) in [6.07, 6.45) is 6.64. The maximum Gasteiger partial charge on any atom is 0.186 e. The third-order valence-corrected chi connectivity index (χ3v) is 6.41. The fraction of sp³-hybridized carbons (Fsp3) is 0.333. The lowest BCUT2D eigenvalue weighted by Gasteiger charge is -2.29. The summed E-state index contributed by atoms with van der Waals surface area (Å²) in [6, 6.07) is 15.2.